The van der Waals surface area contributed by atoms with Gasteiger partial charge in [0, 0.05) is 45.5 Å². The highest BCUT2D eigenvalue weighted by molar-refractivity contribution is 5.93. The number of nitrogens with one attached hydrogen (secondary N) is 2. The molecule has 0 saturated heterocycles. The predicted octanol–water partition coefficient (Wildman–Crippen LogP) is 0.788. The molecule has 23 heavy (non-hydrogen) atoms. The number of carbonyl (C=O) groups is 1. The lowest BCUT2D eigenvalue weighted by Crippen LogP contribution is -2.29. The number of pyridine rings is 1. The Morgan fingerprint density at radius 2 is 2.09 bits per heavy atom. The highest BCUT2D eigenvalue weighted by Crippen LogP contribution is 2.12. The van der Waals surface area contributed by atoms with Gasteiger partial charge in [0.2, 0.25) is 5.88 Å². The van der Waals surface area contributed by atoms with Gasteiger partial charge in [-0.05, 0) is 6.07 Å². The molecule has 0 bridgehead atoms. The molecule has 0 fully saturated rings. The summed E-state index contributed by atoms with van der Waals surface area (Å²) < 4.78 is 4.95. The molecule has 2 aromatic heterocycles. The normalized spacial score (nSPS) is 10.0. The van der Waals surface area contributed by atoms with E-state index in [1.165, 1.54) is 13.3 Å². The van der Waals surface area contributed by atoms with Crippen LogP contribution >= 0.6 is 0 Å². The van der Waals surface area contributed by atoms with Gasteiger partial charge in [0.05, 0.1) is 24.6 Å². The van der Waals surface area contributed by atoms with E-state index in [9.17, 15) is 4.79 Å². The van der Waals surface area contributed by atoms with E-state index < -0.39 is 0 Å². The largest absolute Gasteiger partial charge is 0.481 e. The number of hydrogen-bond acceptors (Lipinski definition) is 7. The van der Waals surface area contributed by atoms with Crippen molar-refractivity contribution in [3.05, 3.63) is 36.2 Å². The number of rotatable bonds is 7. The van der Waals surface area contributed by atoms with E-state index in [2.05, 4.69) is 25.8 Å². The van der Waals surface area contributed by atoms with E-state index >= 15 is 0 Å². The fourth-order valence-electron chi connectivity index (χ4n) is 1.79. The van der Waals surface area contributed by atoms with Gasteiger partial charge in [0.15, 0.2) is 5.82 Å². The third kappa shape index (κ3) is 4.80. The van der Waals surface area contributed by atoms with Gasteiger partial charge in [-0.3, -0.25) is 4.79 Å². The maximum atomic E-state index is 11.9. The minimum atomic E-state index is -0.185. The van der Waals surface area contributed by atoms with E-state index in [1.54, 1.807) is 18.3 Å². The van der Waals surface area contributed by atoms with Crippen LogP contribution in [0.3, 0.4) is 0 Å². The zero-order valence-electron chi connectivity index (χ0n) is 13.4. The van der Waals surface area contributed by atoms with Crippen molar-refractivity contribution in [2.45, 2.75) is 0 Å². The number of anilines is 2. The standard InChI is InChI=1S/C15H20N6O2/c1-21(2)12-8-13(20-19-10-12)16-6-7-17-15(22)11-4-5-14(23-3)18-9-11/h4-5,8-10H,6-7H2,1-3H3,(H,16,20)(H,17,22). The molecule has 0 atom stereocenters. The molecule has 8 nitrogen and oxygen atoms in total. The molecule has 0 aliphatic carbocycles. The molecular formula is C15H20N6O2. The van der Waals surface area contributed by atoms with Crippen LogP contribution in [0.25, 0.3) is 0 Å². The number of aromatic nitrogens is 3. The molecule has 0 spiro atoms. The minimum Gasteiger partial charge on any atom is -0.481 e. The first-order chi connectivity index (χ1) is 11.1. The second-order valence-electron chi connectivity index (χ2n) is 4.97. The monoisotopic (exact) mass is 316 g/mol. The van der Waals surface area contributed by atoms with Gasteiger partial charge in [-0.25, -0.2) is 4.98 Å². The molecule has 0 unspecified atom stereocenters. The molecule has 0 aliphatic heterocycles. The van der Waals surface area contributed by atoms with Crippen molar-refractivity contribution < 1.29 is 9.53 Å². The van der Waals surface area contributed by atoms with Crippen LogP contribution in [0.4, 0.5) is 11.5 Å². The maximum absolute atomic E-state index is 11.9. The van der Waals surface area contributed by atoms with Gasteiger partial charge >= 0.3 is 0 Å². The Morgan fingerprint density at radius 3 is 2.74 bits per heavy atom. The molecule has 2 rings (SSSR count). The number of ether oxygens (including phenoxy) is 1. The first-order valence-corrected chi connectivity index (χ1v) is 7.12. The lowest BCUT2D eigenvalue weighted by atomic mass is 10.2. The van der Waals surface area contributed by atoms with Gasteiger partial charge < -0.3 is 20.3 Å². The lowest BCUT2D eigenvalue weighted by Gasteiger charge is -2.13. The molecular weight excluding hydrogens is 296 g/mol. The van der Waals surface area contributed by atoms with Crippen LogP contribution in [0.5, 0.6) is 5.88 Å². The van der Waals surface area contributed by atoms with Gasteiger partial charge in [0.25, 0.3) is 5.91 Å². The summed E-state index contributed by atoms with van der Waals surface area (Å²) in [7, 11) is 5.40. The summed E-state index contributed by atoms with van der Waals surface area (Å²) in [6, 6.07) is 5.21. The van der Waals surface area contributed by atoms with Crippen molar-refractivity contribution >= 4 is 17.4 Å². The van der Waals surface area contributed by atoms with Crippen molar-refractivity contribution in [1.29, 1.82) is 0 Å². The van der Waals surface area contributed by atoms with Gasteiger partial charge in [-0.15, -0.1) is 5.10 Å². The average Bonchev–Trinajstić information content (AvgIpc) is 2.59. The molecule has 0 radical (unpaired) electrons. The summed E-state index contributed by atoms with van der Waals surface area (Å²) >= 11 is 0. The van der Waals surface area contributed by atoms with Crippen molar-refractivity contribution in [2.75, 3.05) is 44.5 Å². The fourth-order valence-corrected chi connectivity index (χ4v) is 1.79. The smallest absolute Gasteiger partial charge is 0.252 e. The molecule has 8 heteroatoms. The number of carbonyl (C=O) groups excluding carboxylic acids is 1. The van der Waals surface area contributed by atoms with Crippen LogP contribution < -0.4 is 20.3 Å². The van der Waals surface area contributed by atoms with Crippen molar-refractivity contribution in [3.8, 4) is 5.88 Å². The van der Waals surface area contributed by atoms with Crippen LogP contribution in [0.2, 0.25) is 0 Å². The summed E-state index contributed by atoms with van der Waals surface area (Å²) in [5.74, 6) is 0.953. The summed E-state index contributed by atoms with van der Waals surface area (Å²) in [4.78, 5) is 17.9. The Labute approximate surface area is 134 Å². The Kier molecular flexibility index (Phi) is 5.67. The van der Waals surface area contributed by atoms with E-state index in [0.717, 1.165) is 5.69 Å². The topological polar surface area (TPSA) is 92.3 Å². The number of nitrogens with zero attached hydrogens (tertiary/aromatic N) is 4. The van der Waals surface area contributed by atoms with E-state index in [-0.39, 0.29) is 5.91 Å². The van der Waals surface area contributed by atoms with Gasteiger partial charge in [0.1, 0.15) is 0 Å². The maximum Gasteiger partial charge on any atom is 0.252 e. The van der Waals surface area contributed by atoms with Crippen LogP contribution in [0.1, 0.15) is 10.4 Å². The van der Waals surface area contributed by atoms with Crippen LogP contribution in [-0.2, 0) is 0 Å². The Balaban J connectivity index is 1.78. The second-order valence-corrected chi connectivity index (χ2v) is 4.97. The Hall–Kier alpha value is -2.90. The van der Waals surface area contributed by atoms with Crippen molar-refractivity contribution in [1.82, 2.24) is 20.5 Å². The van der Waals surface area contributed by atoms with Crippen LogP contribution in [0, 0.1) is 0 Å². The van der Waals surface area contributed by atoms with Crippen molar-refractivity contribution in [3.63, 3.8) is 0 Å². The fraction of sp³-hybridized carbons (Fsp3) is 0.333. The minimum absolute atomic E-state index is 0.185. The summed E-state index contributed by atoms with van der Waals surface area (Å²) in [5.41, 5.74) is 1.44. The molecule has 2 aromatic rings. The van der Waals surface area contributed by atoms with Crippen LogP contribution in [0.15, 0.2) is 30.6 Å². The third-order valence-corrected chi connectivity index (χ3v) is 3.08. The van der Waals surface area contributed by atoms with E-state index in [0.29, 0.717) is 30.4 Å². The molecule has 0 aromatic carbocycles. The highest BCUT2D eigenvalue weighted by Gasteiger charge is 2.06. The summed E-state index contributed by atoms with van der Waals surface area (Å²) in [5, 5.41) is 13.8. The summed E-state index contributed by atoms with van der Waals surface area (Å²) in [6.45, 7) is 1.000. The second kappa shape index (κ2) is 7.92. The highest BCUT2D eigenvalue weighted by atomic mass is 16.5. The Bertz CT molecular complexity index is 645. The number of hydrogen-bond donors (Lipinski definition) is 2. The molecule has 0 aliphatic rings. The van der Waals surface area contributed by atoms with Crippen LogP contribution in [-0.4, -0.2) is 55.4 Å². The average molecular weight is 316 g/mol. The van der Waals surface area contributed by atoms with E-state index in [4.69, 9.17) is 4.74 Å². The van der Waals surface area contributed by atoms with Gasteiger partial charge in [-0.1, -0.05) is 0 Å². The van der Waals surface area contributed by atoms with Crippen molar-refractivity contribution in [2.24, 2.45) is 0 Å². The molecule has 122 valence electrons. The molecule has 1 amide bonds. The first kappa shape index (κ1) is 16.5. The SMILES string of the molecule is COc1ccc(C(=O)NCCNc2cc(N(C)C)cnn2)cn1. The number of methoxy groups -OCH3 is 1. The number of amides is 1. The predicted molar refractivity (Wildman–Crippen MR) is 88.0 cm³/mol. The van der Waals surface area contributed by atoms with Gasteiger partial charge in [-0.2, -0.15) is 5.10 Å². The Morgan fingerprint density at radius 1 is 1.26 bits per heavy atom. The molecule has 2 heterocycles. The zero-order valence-corrected chi connectivity index (χ0v) is 13.4. The lowest BCUT2D eigenvalue weighted by molar-refractivity contribution is 0.0954. The molecule has 2 N–H and O–H groups in total. The zero-order chi connectivity index (χ0) is 16.7. The van der Waals surface area contributed by atoms with E-state index in [1.807, 2.05) is 25.1 Å². The quantitative estimate of drug-likeness (QED) is 0.729. The third-order valence-electron chi connectivity index (χ3n) is 3.08. The summed E-state index contributed by atoms with van der Waals surface area (Å²) in [6.07, 6.45) is 3.16. The first-order valence-electron chi connectivity index (χ1n) is 7.12. The molecule has 0 saturated carbocycles.